The normalized spacial score (nSPS) is 24.4. The molecule has 2 aromatic heterocycles. The summed E-state index contributed by atoms with van der Waals surface area (Å²) < 4.78 is 0. The maximum atomic E-state index is 12.7. The largest absolute Gasteiger partial charge is 0.354 e. The zero-order chi connectivity index (χ0) is 18.8. The van der Waals surface area contributed by atoms with E-state index in [1.54, 1.807) is 12.4 Å². The summed E-state index contributed by atoms with van der Waals surface area (Å²) in [6.07, 6.45) is 4.58. The highest BCUT2D eigenvalue weighted by molar-refractivity contribution is 5.78. The van der Waals surface area contributed by atoms with Gasteiger partial charge in [-0.1, -0.05) is 13.8 Å². The molecule has 0 unspecified atom stereocenters. The van der Waals surface area contributed by atoms with E-state index in [2.05, 4.69) is 43.5 Å². The molecule has 2 aliphatic heterocycles. The van der Waals surface area contributed by atoms with Crippen LogP contribution in [0.1, 0.15) is 20.3 Å². The first kappa shape index (κ1) is 18.1. The van der Waals surface area contributed by atoms with Crippen LogP contribution in [0.4, 0.5) is 5.82 Å². The smallest absolute Gasteiger partial charge is 0.236 e. The fourth-order valence-electron chi connectivity index (χ4n) is 4.31. The van der Waals surface area contributed by atoms with E-state index in [0.717, 1.165) is 50.6 Å². The summed E-state index contributed by atoms with van der Waals surface area (Å²) in [6, 6.07) is 3.98. The second kappa shape index (κ2) is 7.76. The highest BCUT2D eigenvalue weighted by atomic mass is 16.2. The van der Waals surface area contributed by atoms with Crippen LogP contribution in [0.2, 0.25) is 0 Å². The molecule has 2 aromatic rings. The van der Waals surface area contributed by atoms with E-state index in [-0.39, 0.29) is 5.91 Å². The Morgan fingerprint density at radius 3 is 2.48 bits per heavy atom. The Hall–Kier alpha value is -2.28. The molecule has 7 heteroatoms. The lowest BCUT2D eigenvalue weighted by atomic mass is 9.92. The molecule has 0 N–H and O–H groups in total. The van der Waals surface area contributed by atoms with E-state index >= 15 is 0 Å². The predicted octanol–water partition coefficient (Wildman–Crippen LogP) is 1.65. The van der Waals surface area contributed by atoms with Gasteiger partial charge in [0.05, 0.1) is 6.54 Å². The molecule has 0 radical (unpaired) electrons. The second-order valence-corrected chi connectivity index (χ2v) is 8.08. The van der Waals surface area contributed by atoms with Crippen LogP contribution in [-0.4, -0.2) is 76.5 Å². The molecular weight excluding hydrogens is 340 g/mol. The van der Waals surface area contributed by atoms with Crippen molar-refractivity contribution in [2.45, 2.75) is 20.3 Å². The number of carbonyl (C=O) groups excluding carboxylic acids is 1. The van der Waals surface area contributed by atoms with Gasteiger partial charge in [-0.2, -0.15) is 0 Å². The Morgan fingerprint density at radius 2 is 1.74 bits per heavy atom. The van der Waals surface area contributed by atoms with Gasteiger partial charge < -0.3 is 9.80 Å². The van der Waals surface area contributed by atoms with Crippen LogP contribution in [0.3, 0.4) is 0 Å². The number of rotatable bonds is 3. The number of nitrogens with zero attached hydrogens (tertiary/aromatic N) is 6. The third-order valence-corrected chi connectivity index (χ3v) is 5.59. The number of hydrogen-bond donors (Lipinski definition) is 0. The summed E-state index contributed by atoms with van der Waals surface area (Å²) in [6.45, 7) is 10.3. The van der Waals surface area contributed by atoms with Gasteiger partial charge in [-0.05, 0) is 30.4 Å². The fourth-order valence-corrected chi connectivity index (χ4v) is 4.31. The zero-order valence-electron chi connectivity index (χ0n) is 16.2. The van der Waals surface area contributed by atoms with Crippen molar-refractivity contribution in [2.24, 2.45) is 11.8 Å². The van der Waals surface area contributed by atoms with Gasteiger partial charge in [0.2, 0.25) is 5.91 Å². The topological polar surface area (TPSA) is 65.5 Å². The Bertz CT molecular complexity index is 794. The molecule has 2 fully saturated rings. The zero-order valence-corrected chi connectivity index (χ0v) is 16.2. The van der Waals surface area contributed by atoms with Crippen molar-refractivity contribution in [3.05, 3.63) is 24.5 Å². The SMILES string of the molecule is C[C@H]1C[C@H](C)CN(C(=O)CN2CCN(c3ccc4nccnc4n3)CC2)C1. The minimum absolute atomic E-state index is 0.279. The Balaban J connectivity index is 1.32. The van der Waals surface area contributed by atoms with Crippen LogP contribution in [0, 0.1) is 11.8 Å². The molecule has 2 saturated heterocycles. The first-order valence-corrected chi connectivity index (χ1v) is 9.91. The second-order valence-electron chi connectivity index (χ2n) is 8.08. The summed E-state index contributed by atoms with van der Waals surface area (Å²) in [5.74, 6) is 2.43. The van der Waals surface area contributed by atoms with Gasteiger partial charge in [-0.25, -0.2) is 9.97 Å². The van der Waals surface area contributed by atoms with Gasteiger partial charge in [0.1, 0.15) is 11.3 Å². The molecule has 0 spiro atoms. The lowest BCUT2D eigenvalue weighted by Crippen LogP contribution is -2.52. The van der Waals surface area contributed by atoms with Crippen molar-refractivity contribution in [3.63, 3.8) is 0 Å². The Morgan fingerprint density at radius 1 is 1.04 bits per heavy atom. The third-order valence-electron chi connectivity index (χ3n) is 5.59. The molecule has 0 bridgehead atoms. The van der Waals surface area contributed by atoms with Gasteiger partial charge in [-0.3, -0.25) is 14.7 Å². The van der Waals surface area contributed by atoms with Crippen LogP contribution in [0.15, 0.2) is 24.5 Å². The number of hydrogen-bond acceptors (Lipinski definition) is 6. The predicted molar refractivity (Wildman–Crippen MR) is 106 cm³/mol. The van der Waals surface area contributed by atoms with Crippen molar-refractivity contribution >= 4 is 22.9 Å². The first-order chi connectivity index (χ1) is 13.1. The maximum absolute atomic E-state index is 12.7. The Labute approximate surface area is 160 Å². The molecule has 27 heavy (non-hydrogen) atoms. The number of carbonyl (C=O) groups is 1. The average molecular weight is 368 g/mol. The van der Waals surface area contributed by atoms with E-state index < -0.39 is 0 Å². The van der Waals surface area contributed by atoms with E-state index in [1.165, 1.54) is 6.42 Å². The monoisotopic (exact) mass is 368 g/mol. The first-order valence-electron chi connectivity index (χ1n) is 9.91. The minimum Gasteiger partial charge on any atom is -0.354 e. The highest BCUT2D eigenvalue weighted by Gasteiger charge is 2.27. The lowest BCUT2D eigenvalue weighted by molar-refractivity contribution is -0.135. The molecular formula is C20H28N6O. The number of fused-ring (bicyclic) bond motifs is 1. The van der Waals surface area contributed by atoms with Gasteiger partial charge >= 0.3 is 0 Å². The van der Waals surface area contributed by atoms with Crippen molar-refractivity contribution < 1.29 is 4.79 Å². The maximum Gasteiger partial charge on any atom is 0.236 e. The van der Waals surface area contributed by atoms with E-state index in [1.807, 2.05) is 12.1 Å². The third kappa shape index (κ3) is 4.18. The number of amides is 1. The molecule has 0 aliphatic carbocycles. The Kier molecular flexibility index (Phi) is 5.20. The average Bonchev–Trinajstić information content (AvgIpc) is 2.67. The number of anilines is 1. The highest BCUT2D eigenvalue weighted by Crippen LogP contribution is 2.21. The van der Waals surface area contributed by atoms with Crippen LogP contribution in [-0.2, 0) is 4.79 Å². The fraction of sp³-hybridized carbons (Fsp3) is 0.600. The summed E-state index contributed by atoms with van der Waals surface area (Å²) in [4.78, 5) is 32.5. The molecule has 4 rings (SSSR count). The van der Waals surface area contributed by atoms with Gasteiger partial charge in [0.15, 0.2) is 5.65 Å². The summed E-state index contributed by atoms with van der Waals surface area (Å²) in [5, 5.41) is 0. The number of pyridine rings is 1. The lowest BCUT2D eigenvalue weighted by Gasteiger charge is -2.38. The quantitative estimate of drug-likeness (QED) is 0.821. The van der Waals surface area contributed by atoms with Crippen molar-refractivity contribution in [1.82, 2.24) is 24.8 Å². The summed E-state index contributed by atoms with van der Waals surface area (Å²) >= 11 is 0. The number of aromatic nitrogens is 3. The molecule has 4 heterocycles. The molecule has 2 atom stereocenters. The van der Waals surface area contributed by atoms with E-state index in [0.29, 0.717) is 24.0 Å². The molecule has 144 valence electrons. The van der Waals surface area contributed by atoms with Crippen LogP contribution >= 0.6 is 0 Å². The number of piperidine rings is 1. The van der Waals surface area contributed by atoms with Crippen molar-refractivity contribution in [3.8, 4) is 0 Å². The van der Waals surface area contributed by atoms with Crippen LogP contribution in [0.5, 0.6) is 0 Å². The van der Waals surface area contributed by atoms with Gasteiger partial charge in [0.25, 0.3) is 0 Å². The molecule has 1 amide bonds. The molecule has 0 aromatic carbocycles. The number of piperazine rings is 1. The van der Waals surface area contributed by atoms with Gasteiger partial charge in [0, 0.05) is 51.7 Å². The minimum atomic E-state index is 0.279. The summed E-state index contributed by atoms with van der Waals surface area (Å²) in [7, 11) is 0. The molecule has 0 saturated carbocycles. The van der Waals surface area contributed by atoms with Crippen LogP contribution in [0.25, 0.3) is 11.2 Å². The van der Waals surface area contributed by atoms with E-state index in [9.17, 15) is 4.79 Å². The van der Waals surface area contributed by atoms with Crippen LogP contribution < -0.4 is 4.90 Å². The molecule has 7 nitrogen and oxygen atoms in total. The van der Waals surface area contributed by atoms with Crippen molar-refractivity contribution in [2.75, 3.05) is 50.7 Å². The number of likely N-dealkylation sites (tertiary alicyclic amines) is 1. The standard InChI is InChI=1S/C20H28N6O/c1-15-11-16(2)13-26(12-15)19(27)14-24-7-9-25(10-8-24)18-4-3-17-20(23-18)22-6-5-21-17/h3-6,15-16H,7-14H2,1-2H3/t15-,16-/m0/s1. The molecule has 2 aliphatic rings. The van der Waals surface area contributed by atoms with Crippen molar-refractivity contribution in [1.29, 1.82) is 0 Å². The summed E-state index contributed by atoms with van der Waals surface area (Å²) in [5.41, 5.74) is 1.50. The van der Waals surface area contributed by atoms with Gasteiger partial charge in [-0.15, -0.1) is 0 Å². The van der Waals surface area contributed by atoms with E-state index in [4.69, 9.17) is 0 Å².